The molecule has 2 heterocycles. The number of aryl methyl sites for hydroxylation is 1. The minimum Gasteiger partial charge on any atom is -0.457 e. The fraction of sp³-hybridized carbons (Fsp3) is 0.125. The Bertz CT molecular complexity index is 1800. The number of halogens is 3. The molecule has 0 aromatic heterocycles. The maximum absolute atomic E-state index is 14.0. The van der Waals surface area contributed by atoms with Crippen molar-refractivity contribution in [2.24, 2.45) is 0 Å². The zero-order valence-electron chi connectivity index (χ0n) is 22.2. The molecule has 4 amide bonds. The highest BCUT2D eigenvalue weighted by Crippen LogP contribution is 2.41. The number of nitrogens with zero attached hydrogens (tertiary/aromatic N) is 2. The third-order valence-corrected chi connectivity index (χ3v) is 7.38. The fourth-order valence-corrected chi connectivity index (χ4v) is 5.20. The van der Waals surface area contributed by atoms with Crippen LogP contribution in [0.15, 0.2) is 84.9 Å². The van der Waals surface area contributed by atoms with Gasteiger partial charge in [0.2, 0.25) is 0 Å². The van der Waals surface area contributed by atoms with Gasteiger partial charge in [0.25, 0.3) is 23.6 Å². The lowest BCUT2D eigenvalue weighted by atomic mass is 9.90. The number of imide groups is 2. The molecule has 1 unspecified atom stereocenters. The molecule has 0 radical (unpaired) electrons. The molecule has 0 aliphatic carbocycles. The largest absolute Gasteiger partial charge is 0.457 e. The number of carbonyl (C=O) groups excluding carboxylic acids is 4. The molecular formula is C32H21F3N2O5. The lowest BCUT2D eigenvalue weighted by molar-refractivity contribution is -0.141. The van der Waals surface area contributed by atoms with Crippen LogP contribution in [0.25, 0.3) is 0 Å². The molecule has 0 saturated carbocycles. The molecule has 4 aromatic rings. The third kappa shape index (κ3) is 4.41. The van der Waals surface area contributed by atoms with Gasteiger partial charge < -0.3 is 4.74 Å². The first-order valence-electron chi connectivity index (χ1n) is 12.8. The summed E-state index contributed by atoms with van der Waals surface area (Å²) in [6.45, 7) is 1.79. The molecule has 10 heteroatoms. The summed E-state index contributed by atoms with van der Waals surface area (Å²) in [6.07, 6.45) is -4.56. The van der Waals surface area contributed by atoms with E-state index in [9.17, 15) is 32.3 Å². The van der Waals surface area contributed by atoms with Gasteiger partial charge in [-0.1, -0.05) is 42.0 Å². The van der Waals surface area contributed by atoms with Crippen LogP contribution in [0.4, 0.5) is 18.9 Å². The predicted octanol–water partition coefficient (Wildman–Crippen LogP) is 6.51. The van der Waals surface area contributed by atoms with Crippen LogP contribution in [-0.2, 0) is 0 Å². The number of hydrogen-bond donors (Lipinski definition) is 0. The number of rotatable bonds is 5. The van der Waals surface area contributed by atoms with Gasteiger partial charge in [-0.25, -0.2) is 4.90 Å². The molecule has 42 heavy (non-hydrogen) atoms. The Labute approximate surface area is 237 Å². The number of fused-ring (bicyclic) bond motifs is 2. The Morgan fingerprint density at radius 1 is 0.619 bits per heavy atom. The van der Waals surface area contributed by atoms with Gasteiger partial charge in [-0.15, -0.1) is 0 Å². The van der Waals surface area contributed by atoms with E-state index in [2.05, 4.69) is 0 Å². The molecule has 2 aliphatic rings. The number of hydrogen-bond acceptors (Lipinski definition) is 5. The van der Waals surface area contributed by atoms with Crippen molar-refractivity contribution < 1.29 is 37.1 Å². The van der Waals surface area contributed by atoms with Crippen molar-refractivity contribution in [3.05, 3.63) is 124 Å². The van der Waals surface area contributed by atoms with Crippen LogP contribution in [0.1, 0.15) is 64.0 Å². The van der Waals surface area contributed by atoms with Gasteiger partial charge in [0.05, 0.1) is 27.9 Å². The summed E-state index contributed by atoms with van der Waals surface area (Å²) in [5.74, 6) is -3.56. The van der Waals surface area contributed by atoms with Crippen molar-refractivity contribution in [3.63, 3.8) is 0 Å². The van der Waals surface area contributed by atoms with Gasteiger partial charge in [0, 0.05) is 7.05 Å². The molecule has 6 rings (SSSR count). The van der Waals surface area contributed by atoms with Gasteiger partial charge >= 0.3 is 6.18 Å². The average molecular weight is 571 g/mol. The summed E-state index contributed by atoms with van der Waals surface area (Å²) in [5.41, 5.74) is 1.64. The van der Waals surface area contributed by atoms with E-state index in [0.29, 0.717) is 0 Å². The van der Waals surface area contributed by atoms with Crippen LogP contribution in [0, 0.1) is 6.92 Å². The number of amides is 4. The Balaban J connectivity index is 1.25. The predicted molar refractivity (Wildman–Crippen MR) is 146 cm³/mol. The number of carbonyl (C=O) groups is 4. The third-order valence-electron chi connectivity index (χ3n) is 7.38. The van der Waals surface area contributed by atoms with Gasteiger partial charge in [-0.05, 0) is 66.6 Å². The Morgan fingerprint density at radius 3 is 1.62 bits per heavy atom. The molecule has 4 aromatic carbocycles. The standard InChI is InChI=1S/C32H21F3N2O5/c1-17-3-5-18(6-4-17)27(32(33,34)35)19-7-9-20(10-8-19)37-30(40)24-14-12-22(16-26(24)31(37)41)42-21-11-13-23-25(15-21)29(39)36(2)28(23)38/h3-16,27H,1-2H3. The van der Waals surface area contributed by atoms with E-state index in [0.717, 1.165) is 15.4 Å². The molecule has 0 bridgehead atoms. The van der Waals surface area contributed by atoms with Crippen LogP contribution in [0.5, 0.6) is 11.5 Å². The van der Waals surface area contributed by atoms with Crippen LogP contribution in [-0.4, -0.2) is 41.8 Å². The summed E-state index contributed by atoms with van der Waals surface area (Å²) in [7, 11) is 1.38. The normalized spacial score (nSPS) is 15.3. The Morgan fingerprint density at radius 2 is 1.07 bits per heavy atom. The molecule has 0 saturated heterocycles. The van der Waals surface area contributed by atoms with Crippen molar-refractivity contribution in [1.29, 1.82) is 0 Å². The van der Waals surface area contributed by atoms with E-state index in [-0.39, 0.29) is 50.6 Å². The zero-order valence-corrected chi connectivity index (χ0v) is 22.2. The number of ether oxygens (including phenoxy) is 1. The molecule has 0 N–H and O–H groups in total. The first-order chi connectivity index (χ1) is 19.9. The maximum atomic E-state index is 14.0. The molecule has 1 atom stereocenters. The smallest absolute Gasteiger partial charge is 0.399 e. The topological polar surface area (TPSA) is 84.0 Å². The van der Waals surface area contributed by atoms with Crippen LogP contribution < -0.4 is 9.64 Å². The van der Waals surface area contributed by atoms with Crippen molar-refractivity contribution in [2.45, 2.75) is 19.0 Å². The van der Waals surface area contributed by atoms with Crippen LogP contribution in [0.3, 0.4) is 0 Å². The molecule has 0 fully saturated rings. The number of alkyl halides is 3. The Kier molecular flexibility index (Phi) is 6.22. The summed E-state index contributed by atoms with van der Waals surface area (Å²) in [5, 5.41) is 0. The number of anilines is 1. The van der Waals surface area contributed by atoms with Gasteiger partial charge in [-0.3, -0.25) is 24.1 Å². The molecule has 210 valence electrons. The highest BCUT2D eigenvalue weighted by Gasteiger charge is 2.42. The quantitative estimate of drug-likeness (QED) is 0.256. The van der Waals surface area contributed by atoms with E-state index in [1.807, 2.05) is 0 Å². The second-order valence-corrected chi connectivity index (χ2v) is 10.1. The van der Waals surface area contributed by atoms with Crippen LogP contribution in [0.2, 0.25) is 0 Å². The minimum atomic E-state index is -4.56. The lowest BCUT2D eigenvalue weighted by Crippen LogP contribution is -2.29. The lowest BCUT2D eigenvalue weighted by Gasteiger charge is -2.22. The molecule has 0 spiro atoms. The fourth-order valence-electron chi connectivity index (χ4n) is 5.20. The molecule has 7 nitrogen and oxygen atoms in total. The second-order valence-electron chi connectivity index (χ2n) is 10.1. The summed E-state index contributed by atoms with van der Waals surface area (Å²) in [6, 6.07) is 20.0. The van der Waals surface area contributed by atoms with E-state index in [1.165, 1.54) is 79.8 Å². The van der Waals surface area contributed by atoms with E-state index >= 15 is 0 Å². The Hall–Kier alpha value is -5.25. The van der Waals surface area contributed by atoms with Gasteiger partial charge in [-0.2, -0.15) is 13.2 Å². The van der Waals surface area contributed by atoms with E-state index in [4.69, 9.17) is 4.74 Å². The van der Waals surface area contributed by atoms with Crippen molar-refractivity contribution >= 4 is 29.3 Å². The van der Waals surface area contributed by atoms with Gasteiger partial charge in [0.15, 0.2) is 0 Å². The summed E-state index contributed by atoms with van der Waals surface area (Å²) in [4.78, 5) is 52.8. The number of benzene rings is 4. The minimum absolute atomic E-state index is 0.0249. The SMILES string of the molecule is Cc1ccc(C(c2ccc(N3C(=O)c4ccc(Oc5ccc6c(c5)C(=O)N(C)C6=O)cc4C3=O)cc2)C(F)(F)F)cc1. The first kappa shape index (κ1) is 26.9. The first-order valence-corrected chi connectivity index (χ1v) is 12.8. The van der Waals surface area contributed by atoms with E-state index < -0.39 is 35.7 Å². The van der Waals surface area contributed by atoms with Gasteiger partial charge in [0.1, 0.15) is 17.4 Å². The van der Waals surface area contributed by atoms with E-state index in [1.54, 1.807) is 19.1 Å². The molecule has 2 aliphatic heterocycles. The molecular weight excluding hydrogens is 549 g/mol. The second kappa shape index (κ2) is 9.69. The highest BCUT2D eigenvalue weighted by atomic mass is 19.4. The average Bonchev–Trinajstić information content (AvgIpc) is 3.33. The maximum Gasteiger partial charge on any atom is 0.399 e. The van der Waals surface area contributed by atoms with Crippen molar-refractivity contribution in [1.82, 2.24) is 4.90 Å². The summed E-state index contributed by atoms with van der Waals surface area (Å²) >= 11 is 0. The monoisotopic (exact) mass is 570 g/mol. The highest BCUT2D eigenvalue weighted by molar-refractivity contribution is 6.34. The van der Waals surface area contributed by atoms with Crippen LogP contribution >= 0.6 is 0 Å². The van der Waals surface area contributed by atoms with Crippen molar-refractivity contribution in [3.8, 4) is 11.5 Å². The zero-order chi connectivity index (χ0) is 29.9. The summed E-state index contributed by atoms with van der Waals surface area (Å²) < 4.78 is 48.0. The van der Waals surface area contributed by atoms with Crippen molar-refractivity contribution in [2.75, 3.05) is 11.9 Å².